The summed E-state index contributed by atoms with van der Waals surface area (Å²) in [7, 11) is 0. The third kappa shape index (κ3) is 2.55. The van der Waals surface area contributed by atoms with Gasteiger partial charge >= 0.3 is 6.18 Å². The van der Waals surface area contributed by atoms with E-state index < -0.39 is 17.6 Å². The molecule has 0 fully saturated rings. The van der Waals surface area contributed by atoms with Crippen LogP contribution in [0.3, 0.4) is 0 Å². The van der Waals surface area contributed by atoms with Crippen LogP contribution in [0.2, 0.25) is 0 Å². The molecule has 1 rings (SSSR count). The van der Waals surface area contributed by atoms with Crippen molar-refractivity contribution >= 4 is 38.5 Å². The first-order chi connectivity index (χ1) is 5.82. The molecule has 0 saturated carbocycles. The first kappa shape index (κ1) is 11.2. The summed E-state index contributed by atoms with van der Waals surface area (Å²) in [6.07, 6.45) is -4.51. The van der Waals surface area contributed by atoms with Crippen LogP contribution in [-0.4, -0.2) is 0 Å². The normalized spacial score (nSPS) is 11.8. The molecule has 0 heterocycles. The van der Waals surface area contributed by atoms with Gasteiger partial charge in [0.05, 0.1) is 5.56 Å². The average molecular weight is 369 g/mol. The van der Waals surface area contributed by atoms with Crippen LogP contribution in [0.4, 0.5) is 17.6 Å². The van der Waals surface area contributed by atoms with E-state index in [0.29, 0.717) is 6.07 Å². The second-order valence-corrected chi connectivity index (χ2v) is 4.18. The Balaban J connectivity index is 3.37. The molecular weight excluding hydrogens is 367 g/mol. The number of rotatable bonds is 0. The smallest absolute Gasteiger partial charge is 0.207 e. The second-order valence-electron chi connectivity index (χ2n) is 2.25. The van der Waals surface area contributed by atoms with Crippen LogP contribution in [0.15, 0.2) is 16.6 Å². The summed E-state index contributed by atoms with van der Waals surface area (Å²) in [5.74, 6) is -0.903. The summed E-state index contributed by atoms with van der Waals surface area (Å²) < 4.78 is 49.3. The molecule has 0 aromatic heterocycles. The maximum absolute atomic E-state index is 12.6. The molecule has 0 aliphatic rings. The van der Waals surface area contributed by atoms with Crippen molar-refractivity contribution in [3.8, 4) is 0 Å². The standard InChI is InChI=1S/C7H2BrF4I/c8-5-2-3(9)1-4(6(5)13)7(10,11)12/h1-2H. The molecule has 0 N–H and O–H groups in total. The van der Waals surface area contributed by atoms with Crippen LogP contribution in [0.1, 0.15) is 5.56 Å². The van der Waals surface area contributed by atoms with E-state index in [4.69, 9.17) is 0 Å². The van der Waals surface area contributed by atoms with Crippen LogP contribution < -0.4 is 0 Å². The molecule has 0 atom stereocenters. The Labute approximate surface area is 93.6 Å². The number of alkyl halides is 3. The van der Waals surface area contributed by atoms with Crippen molar-refractivity contribution in [3.05, 3.63) is 31.6 Å². The molecule has 1 aromatic rings. The molecule has 1 aromatic carbocycles. The van der Waals surface area contributed by atoms with E-state index in [2.05, 4.69) is 15.9 Å². The highest BCUT2D eigenvalue weighted by atomic mass is 127. The zero-order valence-electron chi connectivity index (χ0n) is 5.92. The summed E-state index contributed by atoms with van der Waals surface area (Å²) in [6, 6.07) is 1.48. The van der Waals surface area contributed by atoms with Crippen molar-refractivity contribution in [3.63, 3.8) is 0 Å². The lowest BCUT2D eigenvalue weighted by atomic mass is 10.2. The Kier molecular flexibility index (Phi) is 3.21. The summed E-state index contributed by atoms with van der Waals surface area (Å²) in [5, 5.41) is 0. The molecule has 0 unspecified atom stereocenters. The molecule has 0 spiro atoms. The fraction of sp³-hybridized carbons (Fsp3) is 0.143. The summed E-state index contributed by atoms with van der Waals surface area (Å²) in [5.41, 5.74) is -0.958. The summed E-state index contributed by atoms with van der Waals surface area (Å²) in [4.78, 5) is 0. The van der Waals surface area contributed by atoms with Gasteiger partial charge < -0.3 is 0 Å². The molecule has 0 aliphatic carbocycles. The first-order valence-corrected chi connectivity index (χ1v) is 4.91. The van der Waals surface area contributed by atoms with Gasteiger partial charge in [0, 0.05) is 8.04 Å². The zero-order valence-corrected chi connectivity index (χ0v) is 9.67. The predicted octanol–water partition coefficient (Wildman–Crippen LogP) is 4.21. The Hall–Kier alpha value is 0.150. The fourth-order valence-electron chi connectivity index (χ4n) is 0.762. The first-order valence-electron chi connectivity index (χ1n) is 3.04. The van der Waals surface area contributed by atoms with Crippen LogP contribution in [0, 0.1) is 9.39 Å². The van der Waals surface area contributed by atoms with E-state index in [1.165, 1.54) is 22.6 Å². The maximum Gasteiger partial charge on any atom is 0.417 e. The van der Waals surface area contributed by atoms with Crippen molar-refractivity contribution < 1.29 is 17.6 Å². The van der Waals surface area contributed by atoms with Crippen molar-refractivity contribution in [2.75, 3.05) is 0 Å². The SMILES string of the molecule is Fc1cc(Br)c(I)c(C(F)(F)F)c1. The molecule has 0 bridgehead atoms. The van der Waals surface area contributed by atoms with Gasteiger partial charge in [0.25, 0.3) is 0 Å². The number of halogens is 6. The van der Waals surface area contributed by atoms with E-state index in [9.17, 15) is 17.6 Å². The van der Waals surface area contributed by atoms with Crippen molar-refractivity contribution in [1.29, 1.82) is 0 Å². The molecule has 0 nitrogen and oxygen atoms in total. The lowest BCUT2D eigenvalue weighted by Gasteiger charge is -2.10. The van der Waals surface area contributed by atoms with Gasteiger partial charge in [0.1, 0.15) is 5.82 Å². The lowest BCUT2D eigenvalue weighted by molar-refractivity contribution is -0.138. The molecule has 0 radical (unpaired) electrons. The van der Waals surface area contributed by atoms with Crippen molar-refractivity contribution in [1.82, 2.24) is 0 Å². The highest BCUT2D eigenvalue weighted by Crippen LogP contribution is 2.36. The molecule has 0 saturated heterocycles. The Bertz CT molecular complexity index is 334. The fourth-order valence-corrected chi connectivity index (χ4v) is 1.81. The molecule has 6 heteroatoms. The second kappa shape index (κ2) is 3.72. The zero-order chi connectivity index (χ0) is 10.2. The summed E-state index contributed by atoms with van der Waals surface area (Å²) >= 11 is 4.36. The van der Waals surface area contributed by atoms with Crippen molar-refractivity contribution in [2.45, 2.75) is 6.18 Å². The van der Waals surface area contributed by atoms with E-state index in [1.54, 1.807) is 0 Å². The van der Waals surface area contributed by atoms with Gasteiger partial charge in [0.15, 0.2) is 0 Å². The molecule has 72 valence electrons. The minimum atomic E-state index is -4.51. The third-order valence-corrected chi connectivity index (χ3v) is 3.83. The molecule has 0 amide bonds. The molecule has 0 aliphatic heterocycles. The maximum atomic E-state index is 12.6. The predicted molar refractivity (Wildman–Crippen MR) is 51.8 cm³/mol. The topological polar surface area (TPSA) is 0 Å². The number of hydrogen-bond acceptors (Lipinski definition) is 0. The van der Waals surface area contributed by atoms with Crippen LogP contribution >= 0.6 is 38.5 Å². The van der Waals surface area contributed by atoms with Gasteiger partial charge in [-0.2, -0.15) is 13.2 Å². The lowest BCUT2D eigenvalue weighted by Crippen LogP contribution is -2.08. The third-order valence-electron chi connectivity index (χ3n) is 1.30. The van der Waals surface area contributed by atoms with E-state index in [1.807, 2.05) is 0 Å². The van der Waals surface area contributed by atoms with Gasteiger partial charge in [-0.25, -0.2) is 4.39 Å². The largest absolute Gasteiger partial charge is 0.417 e. The molecular formula is C7H2BrF4I. The van der Waals surface area contributed by atoms with E-state index in [0.717, 1.165) is 6.07 Å². The van der Waals surface area contributed by atoms with Crippen LogP contribution in [-0.2, 0) is 6.18 Å². The van der Waals surface area contributed by atoms with E-state index in [-0.39, 0.29) is 8.04 Å². The van der Waals surface area contributed by atoms with Gasteiger partial charge in [-0.15, -0.1) is 0 Å². The minimum Gasteiger partial charge on any atom is -0.207 e. The van der Waals surface area contributed by atoms with E-state index >= 15 is 0 Å². The average Bonchev–Trinajstić information content (AvgIpc) is 1.94. The van der Waals surface area contributed by atoms with Gasteiger partial charge in [-0.3, -0.25) is 0 Å². The number of hydrogen-bond donors (Lipinski definition) is 0. The monoisotopic (exact) mass is 368 g/mol. The van der Waals surface area contributed by atoms with Gasteiger partial charge in [-0.1, -0.05) is 0 Å². The molecule has 13 heavy (non-hydrogen) atoms. The Morgan fingerprint density at radius 2 is 1.77 bits per heavy atom. The van der Waals surface area contributed by atoms with Gasteiger partial charge in [-0.05, 0) is 50.7 Å². The minimum absolute atomic E-state index is 0.0356. The van der Waals surface area contributed by atoms with Crippen LogP contribution in [0.25, 0.3) is 0 Å². The Morgan fingerprint density at radius 1 is 1.23 bits per heavy atom. The summed E-state index contributed by atoms with van der Waals surface area (Å²) in [6.45, 7) is 0. The highest BCUT2D eigenvalue weighted by Gasteiger charge is 2.34. The van der Waals surface area contributed by atoms with Gasteiger partial charge in [0.2, 0.25) is 0 Å². The Morgan fingerprint density at radius 3 is 2.23 bits per heavy atom. The highest BCUT2D eigenvalue weighted by molar-refractivity contribution is 14.1. The number of benzene rings is 1. The van der Waals surface area contributed by atoms with Crippen molar-refractivity contribution in [2.24, 2.45) is 0 Å². The quantitative estimate of drug-likeness (QED) is 0.365. The van der Waals surface area contributed by atoms with Crippen LogP contribution in [0.5, 0.6) is 0 Å².